The fraction of sp³-hybridized carbons (Fsp3) is 0.267. The van der Waals surface area contributed by atoms with Gasteiger partial charge in [0.25, 0.3) is 6.10 Å². The Kier molecular flexibility index (Phi) is 7.01. The van der Waals surface area contributed by atoms with E-state index in [4.69, 9.17) is 5.21 Å². The molecular weight excluding hydrogens is 426 g/mol. The minimum Gasteiger partial charge on any atom is -0.595 e. The molecule has 0 saturated heterocycles. The molecule has 0 aliphatic carbocycles. The third-order valence-corrected chi connectivity index (χ3v) is 3.20. The maximum absolute atomic E-state index is 12.8. The summed E-state index contributed by atoms with van der Waals surface area (Å²) >= 11 is 0. The van der Waals surface area contributed by atoms with Crippen LogP contribution >= 0.6 is 0 Å². The van der Waals surface area contributed by atoms with Crippen molar-refractivity contribution in [3.8, 4) is 6.01 Å². The molecule has 9 nitrogen and oxygen atoms in total. The maximum atomic E-state index is 12.8. The Labute approximate surface area is 164 Å². The van der Waals surface area contributed by atoms with Crippen LogP contribution < -0.4 is 20.6 Å². The van der Waals surface area contributed by atoms with Crippen LogP contribution in [0.3, 0.4) is 0 Å². The van der Waals surface area contributed by atoms with Gasteiger partial charge in [-0.25, -0.2) is 5.21 Å². The Hall–Kier alpha value is -3.17. The number of hydrogen-bond donors (Lipinski definition) is 4. The van der Waals surface area contributed by atoms with E-state index in [1.54, 1.807) is 0 Å². The Bertz CT molecular complexity index is 863. The topological polar surface area (TPSA) is 120 Å². The lowest BCUT2D eigenvalue weighted by atomic mass is 10.3. The zero-order valence-corrected chi connectivity index (χ0v) is 14.8. The van der Waals surface area contributed by atoms with Crippen molar-refractivity contribution >= 4 is 23.3 Å². The predicted octanol–water partition coefficient (Wildman–Crippen LogP) is 2.49. The third-order valence-electron chi connectivity index (χ3n) is 3.20. The number of ether oxygens (including phenoxy) is 1. The predicted molar refractivity (Wildman–Crippen MR) is 90.5 cm³/mol. The Morgan fingerprint density at radius 3 is 2.33 bits per heavy atom. The molecule has 1 atom stereocenters. The second-order valence-electron chi connectivity index (χ2n) is 5.53. The SMILES string of the molecule is C=CCNc1nc(Nc2cccc([NH+]([O-])O)c2)nc(OC(C(F)(F)F)C(F)(F)F)n1. The highest BCUT2D eigenvalue weighted by molar-refractivity contribution is 5.58. The lowest BCUT2D eigenvalue weighted by molar-refractivity contribution is -0.991. The van der Waals surface area contributed by atoms with Crippen molar-refractivity contribution < 1.29 is 41.5 Å². The monoisotopic (exact) mass is 440 g/mol. The van der Waals surface area contributed by atoms with Gasteiger partial charge < -0.3 is 20.6 Å². The van der Waals surface area contributed by atoms with Crippen LogP contribution in [0.2, 0.25) is 0 Å². The van der Waals surface area contributed by atoms with Gasteiger partial charge in [-0.3, -0.25) is 0 Å². The van der Waals surface area contributed by atoms with Crippen molar-refractivity contribution in [1.82, 2.24) is 15.0 Å². The summed E-state index contributed by atoms with van der Waals surface area (Å²) in [5.41, 5.74) is -0.0327. The highest BCUT2D eigenvalue weighted by Gasteiger charge is 2.59. The largest absolute Gasteiger partial charge is 0.595 e. The molecule has 2 rings (SSSR count). The first-order chi connectivity index (χ1) is 13.9. The molecule has 0 saturated carbocycles. The first-order valence-electron chi connectivity index (χ1n) is 7.91. The molecule has 1 heterocycles. The van der Waals surface area contributed by atoms with Crippen LogP contribution in [0, 0.1) is 5.21 Å². The van der Waals surface area contributed by atoms with Gasteiger partial charge in [-0.1, -0.05) is 12.1 Å². The highest BCUT2D eigenvalue weighted by atomic mass is 19.4. The first kappa shape index (κ1) is 23.1. The lowest BCUT2D eigenvalue weighted by Gasteiger charge is -2.23. The summed E-state index contributed by atoms with van der Waals surface area (Å²) in [4.78, 5) is 10.6. The molecule has 0 spiro atoms. The summed E-state index contributed by atoms with van der Waals surface area (Å²) in [6.45, 7) is 3.42. The van der Waals surface area contributed by atoms with E-state index in [0.717, 1.165) is 6.07 Å². The number of nitrogens with one attached hydrogen (secondary N) is 3. The van der Waals surface area contributed by atoms with Crippen LogP contribution in [0.4, 0.5) is 49.6 Å². The smallest absolute Gasteiger partial charge is 0.434 e. The normalized spacial score (nSPS) is 13.1. The number of anilines is 3. The van der Waals surface area contributed by atoms with Crippen molar-refractivity contribution in [2.24, 2.45) is 0 Å². The van der Waals surface area contributed by atoms with Gasteiger partial charge in [-0.15, -0.1) is 6.58 Å². The van der Waals surface area contributed by atoms with Crippen molar-refractivity contribution in [2.75, 3.05) is 17.2 Å². The zero-order valence-electron chi connectivity index (χ0n) is 14.8. The van der Waals surface area contributed by atoms with Crippen LogP contribution in [0.25, 0.3) is 0 Å². The fourth-order valence-corrected chi connectivity index (χ4v) is 1.99. The van der Waals surface area contributed by atoms with Crippen molar-refractivity contribution in [3.05, 3.63) is 42.1 Å². The average molecular weight is 440 g/mol. The fourth-order valence-electron chi connectivity index (χ4n) is 1.99. The summed E-state index contributed by atoms with van der Waals surface area (Å²) in [6.07, 6.45) is -14.4. The summed E-state index contributed by atoms with van der Waals surface area (Å²) in [7, 11) is 0. The Morgan fingerprint density at radius 1 is 1.13 bits per heavy atom. The molecule has 0 aliphatic rings. The van der Waals surface area contributed by atoms with Crippen molar-refractivity contribution in [3.63, 3.8) is 0 Å². The summed E-state index contributed by atoms with van der Waals surface area (Å²) in [6, 6.07) is 3.89. The number of nitrogens with zero attached hydrogens (tertiary/aromatic N) is 3. The molecule has 0 aliphatic heterocycles. The molecule has 2 aromatic rings. The summed E-state index contributed by atoms with van der Waals surface area (Å²) < 4.78 is 80.5. The molecule has 1 unspecified atom stereocenters. The average Bonchev–Trinajstić information content (AvgIpc) is 2.62. The molecule has 0 radical (unpaired) electrons. The van der Waals surface area contributed by atoms with E-state index in [2.05, 4.69) is 36.9 Å². The second-order valence-corrected chi connectivity index (χ2v) is 5.53. The van der Waals surface area contributed by atoms with E-state index in [0.29, 0.717) is 0 Å². The van der Waals surface area contributed by atoms with E-state index >= 15 is 0 Å². The number of aromatic nitrogens is 3. The molecular formula is C15H14F6N6O3. The standard InChI is InChI=1S/C15H14F6N6O3/c1-2-6-22-11-24-12(23-8-4-3-5-9(7-8)27(28)29)26-13(25-11)30-10(14(16,17)18)15(19,20)21/h2-5,7,10,27-28H,1,6H2,(H2,22,23,24,25,26). The van der Waals surface area contributed by atoms with Gasteiger partial charge in [0.1, 0.15) is 0 Å². The van der Waals surface area contributed by atoms with E-state index in [9.17, 15) is 31.5 Å². The Morgan fingerprint density at radius 2 is 1.77 bits per heavy atom. The highest BCUT2D eigenvalue weighted by Crippen LogP contribution is 2.36. The number of benzene rings is 1. The van der Waals surface area contributed by atoms with Crippen LogP contribution in [-0.2, 0) is 0 Å². The molecule has 0 amide bonds. The molecule has 0 fully saturated rings. The van der Waals surface area contributed by atoms with Gasteiger partial charge in [0, 0.05) is 24.4 Å². The van der Waals surface area contributed by atoms with Crippen LogP contribution in [0.15, 0.2) is 36.9 Å². The molecule has 4 N–H and O–H groups in total. The molecule has 164 valence electrons. The van der Waals surface area contributed by atoms with Crippen LogP contribution in [0.1, 0.15) is 0 Å². The minimum atomic E-state index is -5.77. The summed E-state index contributed by atoms with van der Waals surface area (Å²) in [5.74, 6) is -0.892. The maximum Gasteiger partial charge on any atom is 0.434 e. The van der Waals surface area contributed by atoms with Crippen molar-refractivity contribution in [1.29, 1.82) is 0 Å². The quantitative estimate of drug-likeness (QED) is 0.281. The van der Waals surface area contributed by atoms with Crippen LogP contribution in [-0.4, -0.2) is 45.2 Å². The zero-order chi connectivity index (χ0) is 22.5. The number of hydrogen-bond acceptors (Lipinski definition) is 8. The summed E-state index contributed by atoms with van der Waals surface area (Å²) in [5, 5.41) is 23.7. The van der Waals surface area contributed by atoms with Gasteiger partial charge in [-0.2, -0.15) is 46.5 Å². The number of alkyl halides is 6. The van der Waals surface area contributed by atoms with Gasteiger partial charge in [-0.05, 0) is 6.07 Å². The molecule has 0 bridgehead atoms. The molecule has 15 heteroatoms. The third kappa shape index (κ3) is 6.43. The van der Waals surface area contributed by atoms with Crippen LogP contribution in [0.5, 0.6) is 6.01 Å². The van der Waals surface area contributed by atoms with E-state index in [1.165, 1.54) is 24.3 Å². The molecule has 1 aromatic carbocycles. The second kappa shape index (κ2) is 9.10. The van der Waals surface area contributed by atoms with E-state index in [1.807, 2.05) is 0 Å². The van der Waals surface area contributed by atoms with Gasteiger partial charge in [0.2, 0.25) is 11.9 Å². The molecule has 30 heavy (non-hydrogen) atoms. The number of rotatable bonds is 8. The number of halogens is 6. The lowest BCUT2D eigenvalue weighted by Crippen LogP contribution is -2.99. The van der Waals surface area contributed by atoms with E-state index < -0.39 is 41.6 Å². The Balaban J connectivity index is 2.39. The van der Waals surface area contributed by atoms with E-state index in [-0.39, 0.29) is 17.9 Å². The van der Waals surface area contributed by atoms with Gasteiger partial charge in [0.15, 0.2) is 5.69 Å². The minimum absolute atomic E-state index is 0.0271. The number of quaternary nitrogens is 1. The van der Waals surface area contributed by atoms with Gasteiger partial charge in [0.05, 0.1) is 0 Å². The van der Waals surface area contributed by atoms with Gasteiger partial charge >= 0.3 is 18.4 Å². The van der Waals surface area contributed by atoms with Crippen molar-refractivity contribution in [2.45, 2.75) is 18.5 Å². The first-order valence-corrected chi connectivity index (χ1v) is 7.91. The molecule has 1 aromatic heterocycles.